The van der Waals surface area contributed by atoms with Crippen LogP contribution in [0.2, 0.25) is 0 Å². The number of methoxy groups -OCH3 is 2. The second kappa shape index (κ2) is 12.8. The molecule has 33 heavy (non-hydrogen) atoms. The monoisotopic (exact) mass is 584 g/mol. The first-order chi connectivity index (χ1) is 15.7. The lowest BCUT2D eigenvalue weighted by Crippen LogP contribution is -2.20. The molecule has 0 aliphatic carbocycles. The molecule has 0 fully saturated rings. The van der Waals surface area contributed by atoms with Crippen molar-refractivity contribution in [1.82, 2.24) is 10.9 Å². The van der Waals surface area contributed by atoms with Gasteiger partial charge in [-0.2, -0.15) is 10.2 Å². The van der Waals surface area contributed by atoms with Crippen LogP contribution in [0.3, 0.4) is 0 Å². The number of carbonyl (C=O) groups is 2. The van der Waals surface area contributed by atoms with E-state index >= 15 is 0 Å². The number of nitrogens with one attached hydrogen (secondary N) is 2. The van der Waals surface area contributed by atoms with E-state index in [0.29, 0.717) is 26.5 Å². The molecule has 4 N–H and O–H groups in total. The van der Waals surface area contributed by atoms with Crippen LogP contribution in [0.25, 0.3) is 0 Å². The molecule has 0 aliphatic heterocycles. The molecule has 0 aromatic heterocycles. The summed E-state index contributed by atoms with van der Waals surface area (Å²) < 4.78 is 11.0. The number of rotatable bonds is 10. The molecular weight excluding hydrogens is 564 g/mol. The maximum Gasteiger partial charge on any atom is 0.240 e. The van der Waals surface area contributed by atoms with E-state index in [-0.39, 0.29) is 47.7 Å². The molecule has 2 amide bonds. The number of halogens is 2. The highest BCUT2D eigenvalue weighted by atomic mass is 79.9. The minimum absolute atomic E-state index is 0.0306. The van der Waals surface area contributed by atoms with Gasteiger partial charge in [0.2, 0.25) is 11.8 Å². The summed E-state index contributed by atoms with van der Waals surface area (Å²) in [6, 6.07) is 6.36. The Morgan fingerprint density at radius 1 is 0.848 bits per heavy atom. The minimum Gasteiger partial charge on any atom is -0.503 e. The molecule has 0 heterocycles. The maximum absolute atomic E-state index is 11.9. The molecule has 0 unspecified atom stereocenters. The fourth-order valence-corrected chi connectivity index (χ4v) is 3.45. The van der Waals surface area contributed by atoms with Crippen molar-refractivity contribution in [3.63, 3.8) is 0 Å². The van der Waals surface area contributed by atoms with E-state index < -0.39 is 0 Å². The summed E-state index contributed by atoms with van der Waals surface area (Å²) in [7, 11) is 2.85. The molecule has 0 spiro atoms. The topological polar surface area (TPSA) is 142 Å². The Balaban J connectivity index is 1.74. The van der Waals surface area contributed by atoms with Crippen LogP contribution >= 0.6 is 31.9 Å². The fourth-order valence-electron chi connectivity index (χ4n) is 2.53. The highest BCUT2D eigenvalue weighted by Gasteiger charge is 2.09. The quantitative estimate of drug-likeness (QED) is 0.249. The molecule has 0 radical (unpaired) electrons. The molecule has 2 aromatic rings. The number of phenolic OH excluding ortho intramolecular Hbond substituents is 2. The molecule has 12 heteroatoms. The summed E-state index contributed by atoms with van der Waals surface area (Å²) in [5.41, 5.74) is 5.96. The normalized spacial score (nSPS) is 11.0. The Morgan fingerprint density at radius 2 is 1.24 bits per heavy atom. The number of ether oxygens (including phenoxy) is 2. The van der Waals surface area contributed by atoms with Crippen LogP contribution in [0, 0.1) is 0 Å². The van der Waals surface area contributed by atoms with Gasteiger partial charge in [-0.05, 0) is 73.7 Å². The molecular formula is C21H22Br2N4O6. The van der Waals surface area contributed by atoms with Crippen molar-refractivity contribution in [2.75, 3.05) is 14.2 Å². The summed E-state index contributed by atoms with van der Waals surface area (Å²) >= 11 is 6.41. The van der Waals surface area contributed by atoms with Gasteiger partial charge < -0.3 is 19.7 Å². The van der Waals surface area contributed by atoms with Crippen molar-refractivity contribution in [1.29, 1.82) is 0 Å². The SMILES string of the molecule is COc1cc(/C=N\NC(=O)CCCC(=O)N/N=C\c2cc(Br)c(O)c(OC)c2)cc(Br)c1O. The molecule has 10 nitrogen and oxygen atoms in total. The Morgan fingerprint density at radius 3 is 1.61 bits per heavy atom. The van der Waals surface area contributed by atoms with Crippen molar-refractivity contribution in [2.24, 2.45) is 10.2 Å². The van der Waals surface area contributed by atoms with Crippen LogP contribution in [0.15, 0.2) is 43.4 Å². The number of hydrogen-bond acceptors (Lipinski definition) is 8. The summed E-state index contributed by atoms with van der Waals surface area (Å²) in [6.45, 7) is 0. The smallest absolute Gasteiger partial charge is 0.240 e. The lowest BCUT2D eigenvalue weighted by Gasteiger charge is -2.06. The second-order valence-corrected chi connectivity index (χ2v) is 8.26. The first kappa shape index (κ1) is 26.1. The maximum atomic E-state index is 11.9. The van der Waals surface area contributed by atoms with Crippen molar-refractivity contribution >= 4 is 56.1 Å². The summed E-state index contributed by atoms with van der Waals surface area (Å²) in [5.74, 6) is -0.235. The Bertz CT molecular complexity index is 992. The van der Waals surface area contributed by atoms with E-state index in [9.17, 15) is 19.8 Å². The zero-order valence-corrected chi connectivity index (χ0v) is 20.9. The van der Waals surface area contributed by atoms with Crippen molar-refractivity contribution in [3.8, 4) is 23.0 Å². The summed E-state index contributed by atoms with van der Waals surface area (Å²) in [4.78, 5) is 23.8. The number of hydrazone groups is 2. The minimum atomic E-state index is -0.353. The second-order valence-electron chi connectivity index (χ2n) is 6.55. The van der Waals surface area contributed by atoms with Gasteiger partial charge in [0, 0.05) is 12.8 Å². The molecule has 0 bridgehead atoms. The average molecular weight is 586 g/mol. The first-order valence-corrected chi connectivity index (χ1v) is 11.1. The molecule has 0 saturated heterocycles. The molecule has 0 saturated carbocycles. The van der Waals surface area contributed by atoms with Gasteiger partial charge in [0.1, 0.15) is 0 Å². The number of amides is 2. The van der Waals surface area contributed by atoms with Crippen LogP contribution < -0.4 is 20.3 Å². The third-order valence-electron chi connectivity index (χ3n) is 4.15. The largest absolute Gasteiger partial charge is 0.503 e. The number of benzene rings is 2. The lowest BCUT2D eigenvalue weighted by atomic mass is 10.2. The van der Waals surface area contributed by atoms with Crippen LogP contribution in [0.4, 0.5) is 0 Å². The van der Waals surface area contributed by atoms with Crippen LogP contribution in [-0.4, -0.2) is 48.7 Å². The molecule has 0 aliphatic rings. The standard InChI is InChI=1S/C21H22Br2N4O6/c1-32-16-8-12(6-14(22)20(16)30)10-24-26-18(28)4-3-5-19(29)27-25-11-13-7-15(23)21(31)17(9-13)33-2/h6-11,30-31H,3-5H2,1-2H3,(H,26,28)(H,27,29)/b24-10-,25-11-. The van der Waals surface area contributed by atoms with Gasteiger partial charge in [-0.25, -0.2) is 10.9 Å². The van der Waals surface area contributed by atoms with Crippen molar-refractivity contribution < 1.29 is 29.3 Å². The van der Waals surface area contributed by atoms with Gasteiger partial charge in [0.15, 0.2) is 23.0 Å². The number of hydrogen-bond donors (Lipinski definition) is 4. The zero-order chi connectivity index (χ0) is 24.4. The molecule has 176 valence electrons. The average Bonchev–Trinajstić information content (AvgIpc) is 2.78. The van der Waals surface area contributed by atoms with Gasteiger partial charge in [-0.1, -0.05) is 0 Å². The number of aromatic hydroxyl groups is 2. The molecule has 2 rings (SSSR count). The first-order valence-electron chi connectivity index (χ1n) is 9.52. The highest BCUT2D eigenvalue weighted by Crippen LogP contribution is 2.35. The van der Waals surface area contributed by atoms with Crippen LogP contribution in [0.5, 0.6) is 23.0 Å². The van der Waals surface area contributed by atoms with Gasteiger partial charge >= 0.3 is 0 Å². The predicted molar refractivity (Wildman–Crippen MR) is 130 cm³/mol. The van der Waals surface area contributed by atoms with Crippen molar-refractivity contribution in [3.05, 3.63) is 44.3 Å². The van der Waals surface area contributed by atoms with Gasteiger partial charge in [-0.3, -0.25) is 9.59 Å². The predicted octanol–water partition coefficient (Wildman–Crippen LogP) is 3.41. The Labute approximate surface area is 206 Å². The van der Waals surface area contributed by atoms with Crippen LogP contribution in [-0.2, 0) is 9.59 Å². The molecule has 2 aromatic carbocycles. The van der Waals surface area contributed by atoms with Gasteiger partial charge in [0.05, 0.1) is 35.6 Å². The number of phenols is 2. The third kappa shape index (κ3) is 8.06. The Kier molecular flexibility index (Phi) is 10.1. The summed E-state index contributed by atoms with van der Waals surface area (Å²) in [5, 5.41) is 27.3. The lowest BCUT2D eigenvalue weighted by molar-refractivity contribution is -0.122. The fraction of sp³-hybridized carbons (Fsp3) is 0.238. The van der Waals surface area contributed by atoms with E-state index in [1.54, 1.807) is 24.3 Å². The van der Waals surface area contributed by atoms with Gasteiger partial charge in [-0.15, -0.1) is 0 Å². The van der Waals surface area contributed by atoms with E-state index in [1.807, 2.05) is 0 Å². The highest BCUT2D eigenvalue weighted by molar-refractivity contribution is 9.10. The van der Waals surface area contributed by atoms with E-state index in [4.69, 9.17) is 9.47 Å². The number of carbonyl (C=O) groups excluding carboxylic acids is 2. The van der Waals surface area contributed by atoms with E-state index in [2.05, 4.69) is 52.9 Å². The molecule has 0 atom stereocenters. The van der Waals surface area contributed by atoms with E-state index in [0.717, 1.165) is 0 Å². The Hall–Kier alpha value is -3.12. The summed E-state index contributed by atoms with van der Waals surface area (Å²) in [6.07, 6.45) is 3.31. The third-order valence-corrected chi connectivity index (χ3v) is 5.36. The number of nitrogens with zero attached hydrogens (tertiary/aromatic N) is 2. The zero-order valence-electron chi connectivity index (χ0n) is 17.8. The van der Waals surface area contributed by atoms with Crippen LogP contribution in [0.1, 0.15) is 30.4 Å². The van der Waals surface area contributed by atoms with E-state index in [1.165, 1.54) is 26.6 Å². The van der Waals surface area contributed by atoms with Crippen molar-refractivity contribution in [2.45, 2.75) is 19.3 Å². The van der Waals surface area contributed by atoms with Gasteiger partial charge in [0.25, 0.3) is 0 Å².